The molecule has 0 unspecified atom stereocenters. The molecule has 7 nitrogen and oxygen atoms in total. The van der Waals surface area contributed by atoms with Gasteiger partial charge in [0.2, 0.25) is 0 Å². The highest BCUT2D eigenvalue weighted by Crippen LogP contribution is 2.23. The largest absolute Gasteiger partial charge is 0.573 e. The lowest BCUT2D eigenvalue weighted by Crippen LogP contribution is -2.23. The van der Waals surface area contributed by atoms with Crippen LogP contribution < -0.4 is 19.6 Å². The van der Waals surface area contributed by atoms with Crippen LogP contribution in [0, 0.1) is 13.8 Å². The van der Waals surface area contributed by atoms with Crippen molar-refractivity contribution < 1.29 is 27.5 Å². The molecule has 0 aliphatic rings. The molecule has 2 N–H and O–H groups in total. The van der Waals surface area contributed by atoms with Crippen molar-refractivity contribution in [3.63, 3.8) is 0 Å². The molecule has 11 heteroatoms. The van der Waals surface area contributed by atoms with Crippen molar-refractivity contribution in [2.75, 3.05) is 5.32 Å². The van der Waals surface area contributed by atoms with E-state index in [-0.39, 0.29) is 11.8 Å². The van der Waals surface area contributed by atoms with Gasteiger partial charge in [-0.15, -0.1) is 13.2 Å². The molecule has 0 bridgehead atoms. The van der Waals surface area contributed by atoms with Crippen LogP contribution in [0.25, 0.3) is 0 Å². The number of carbonyl (C=O) groups excluding carboxylic acids is 1. The third-order valence-corrected chi connectivity index (χ3v) is 5.27. The highest BCUT2D eigenvalue weighted by atomic mass is 32.2. The van der Waals surface area contributed by atoms with Gasteiger partial charge in [0, 0.05) is 11.9 Å². The first-order valence-electron chi connectivity index (χ1n) is 10.6. The van der Waals surface area contributed by atoms with E-state index < -0.39 is 6.36 Å². The third-order valence-electron chi connectivity index (χ3n) is 4.79. The first kappa shape index (κ1) is 26.6. The van der Waals surface area contributed by atoms with Gasteiger partial charge in [0.1, 0.15) is 5.75 Å². The molecule has 3 rings (SSSR count). The first-order valence-corrected chi connectivity index (χ1v) is 11.4. The molecule has 3 aromatic carbocycles. The lowest BCUT2D eigenvalue weighted by Gasteiger charge is -2.10. The molecular weight excluding hydrogens is 493 g/mol. The molecule has 0 aliphatic heterocycles. The molecular formula is C25H23F3N4O3S. The van der Waals surface area contributed by atoms with Crippen molar-refractivity contribution in [2.45, 2.75) is 27.1 Å². The van der Waals surface area contributed by atoms with Crippen LogP contribution in [-0.4, -0.2) is 24.3 Å². The molecule has 0 fully saturated rings. The second-order valence-corrected chi connectivity index (χ2v) is 8.16. The number of oxime groups is 1. The van der Waals surface area contributed by atoms with Gasteiger partial charge < -0.3 is 14.9 Å². The molecule has 36 heavy (non-hydrogen) atoms. The average molecular weight is 517 g/mol. The maximum absolute atomic E-state index is 12.3. The number of halogens is 3. The molecule has 0 heterocycles. The second-order valence-electron chi connectivity index (χ2n) is 7.56. The zero-order chi connectivity index (χ0) is 26.1. The zero-order valence-corrected chi connectivity index (χ0v) is 20.4. The van der Waals surface area contributed by atoms with Crippen LogP contribution in [0.5, 0.6) is 11.5 Å². The summed E-state index contributed by atoms with van der Waals surface area (Å²) in [5, 5.41) is 6.81. The molecule has 0 aliphatic carbocycles. The first-order chi connectivity index (χ1) is 17.1. The van der Waals surface area contributed by atoms with E-state index in [1.165, 1.54) is 24.3 Å². The van der Waals surface area contributed by atoms with Crippen LogP contribution >= 0.6 is 12.1 Å². The number of ether oxygens (including phenoxy) is 1. The number of para-hydroxylation sites is 1. The number of hydrogen-bond donors (Lipinski definition) is 2. The van der Waals surface area contributed by atoms with Gasteiger partial charge in [-0.25, -0.2) is 9.19 Å². The Kier molecular flexibility index (Phi) is 8.96. The number of alkyl halides is 3. The fourth-order valence-corrected chi connectivity index (χ4v) is 3.35. The standard InChI is InChI=1S/C25H23F3N4O3S/c1-16-5-4-6-17(2)23(16)30-24(33)32-36-29-15-19-7-11-22(12-8-19)35-31-18(3)20-9-13-21(14-10-20)34-25(26,27)28/h4-15H,1-3H3,(H2,30,32,33)/b29-15?,31-18-. The molecule has 188 valence electrons. The number of urea groups is 1. The van der Waals surface area contributed by atoms with E-state index in [4.69, 9.17) is 4.84 Å². The van der Waals surface area contributed by atoms with Gasteiger partial charge in [0.05, 0.1) is 17.8 Å². The van der Waals surface area contributed by atoms with E-state index in [0.29, 0.717) is 17.0 Å². The Hall–Kier alpha value is -3.99. The van der Waals surface area contributed by atoms with E-state index in [0.717, 1.165) is 34.5 Å². The number of aryl methyl sites for hydroxylation is 2. The predicted octanol–water partition coefficient (Wildman–Crippen LogP) is 6.81. The smallest absolute Gasteiger partial charge is 0.406 e. The summed E-state index contributed by atoms with van der Waals surface area (Å²) >= 11 is 0.890. The van der Waals surface area contributed by atoms with E-state index in [1.807, 2.05) is 32.0 Å². The van der Waals surface area contributed by atoms with Crippen molar-refractivity contribution in [2.24, 2.45) is 9.55 Å². The number of nitrogens with zero attached hydrogens (tertiary/aromatic N) is 2. The van der Waals surface area contributed by atoms with Gasteiger partial charge in [0.25, 0.3) is 0 Å². The van der Waals surface area contributed by atoms with E-state index in [9.17, 15) is 18.0 Å². The summed E-state index contributed by atoms with van der Waals surface area (Å²) in [4.78, 5) is 17.5. The highest BCUT2D eigenvalue weighted by molar-refractivity contribution is 7.96. The summed E-state index contributed by atoms with van der Waals surface area (Å²) in [5.74, 6) is 0.148. The zero-order valence-electron chi connectivity index (χ0n) is 19.6. The van der Waals surface area contributed by atoms with E-state index >= 15 is 0 Å². The van der Waals surface area contributed by atoms with Crippen LogP contribution in [0.2, 0.25) is 0 Å². The number of benzene rings is 3. The summed E-state index contributed by atoms with van der Waals surface area (Å²) in [5.41, 5.74) is 4.52. The fraction of sp³-hybridized carbons (Fsp3) is 0.160. The van der Waals surface area contributed by atoms with Crippen molar-refractivity contribution in [1.82, 2.24) is 4.72 Å². The lowest BCUT2D eigenvalue weighted by molar-refractivity contribution is -0.274. The van der Waals surface area contributed by atoms with Crippen LogP contribution in [0.1, 0.15) is 29.2 Å². The number of anilines is 1. The Labute approximate surface area is 210 Å². The van der Waals surface area contributed by atoms with Gasteiger partial charge in [-0.1, -0.05) is 23.4 Å². The second kappa shape index (κ2) is 12.1. The topological polar surface area (TPSA) is 84.3 Å². The van der Waals surface area contributed by atoms with Crippen LogP contribution in [0.15, 0.2) is 76.3 Å². The molecule has 0 saturated heterocycles. The average Bonchev–Trinajstić information content (AvgIpc) is 2.83. The van der Waals surface area contributed by atoms with Gasteiger partial charge in [-0.2, -0.15) is 0 Å². The minimum Gasteiger partial charge on any atom is -0.406 e. The van der Waals surface area contributed by atoms with Crippen LogP contribution in [0.3, 0.4) is 0 Å². The van der Waals surface area contributed by atoms with Crippen LogP contribution in [0.4, 0.5) is 23.7 Å². The monoisotopic (exact) mass is 516 g/mol. The number of carbonyl (C=O) groups is 1. The molecule has 2 amide bonds. The number of hydrogen-bond acceptors (Lipinski definition) is 6. The van der Waals surface area contributed by atoms with Gasteiger partial charge in [-0.05, 0) is 91.6 Å². The van der Waals surface area contributed by atoms with Crippen molar-refractivity contribution in [3.05, 3.63) is 89.0 Å². The van der Waals surface area contributed by atoms with E-state index in [1.54, 1.807) is 37.4 Å². The quantitative estimate of drug-likeness (QED) is 0.196. The Bertz CT molecular complexity index is 1220. The number of rotatable bonds is 8. The summed E-state index contributed by atoms with van der Waals surface area (Å²) in [6.45, 7) is 5.51. The van der Waals surface area contributed by atoms with Crippen molar-refractivity contribution in [3.8, 4) is 11.5 Å². The Morgan fingerprint density at radius 1 is 0.944 bits per heavy atom. The van der Waals surface area contributed by atoms with Gasteiger partial charge in [0.15, 0.2) is 5.75 Å². The van der Waals surface area contributed by atoms with Crippen molar-refractivity contribution >= 4 is 35.8 Å². The Morgan fingerprint density at radius 3 is 2.17 bits per heavy atom. The normalized spacial score (nSPS) is 11.9. The molecule has 3 aromatic rings. The van der Waals surface area contributed by atoms with Crippen molar-refractivity contribution in [1.29, 1.82) is 0 Å². The molecule has 0 saturated carbocycles. The molecule has 0 radical (unpaired) electrons. The molecule has 0 aromatic heterocycles. The highest BCUT2D eigenvalue weighted by Gasteiger charge is 2.30. The summed E-state index contributed by atoms with van der Waals surface area (Å²) in [6.07, 6.45) is -3.16. The number of nitrogens with one attached hydrogen (secondary N) is 2. The Balaban J connectivity index is 1.47. The maximum Gasteiger partial charge on any atom is 0.573 e. The van der Waals surface area contributed by atoms with Gasteiger partial charge >= 0.3 is 12.4 Å². The Morgan fingerprint density at radius 2 is 1.56 bits per heavy atom. The summed E-state index contributed by atoms with van der Waals surface area (Å²) in [6, 6.07) is 17.6. The summed E-state index contributed by atoms with van der Waals surface area (Å²) < 4.78 is 47.3. The SMILES string of the molecule is C/C(=N/Oc1ccc(C=NSNC(=O)Nc2c(C)cccc2C)cc1)c1ccc(OC(F)(F)F)cc1. The third kappa shape index (κ3) is 8.35. The molecule has 0 atom stereocenters. The summed E-state index contributed by atoms with van der Waals surface area (Å²) in [7, 11) is 0. The maximum atomic E-state index is 12.3. The molecule has 0 spiro atoms. The lowest BCUT2D eigenvalue weighted by atomic mass is 10.1. The van der Waals surface area contributed by atoms with Crippen LogP contribution in [-0.2, 0) is 0 Å². The van der Waals surface area contributed by atoms with Gasteiger partial charge in [-0.3, -0.25) is 4.72 Å². The minimum atomic E-state index is -4.74. The predicted molar refractivity (Wildman–Crippen MR) is 136 cm³/mol. The fourth-order valence-electron chi connectivity index (χ4n) is 2.99. The van der Waals surface area contributed by atoms with E-state index in [2.05, 4.69) is 24.3 Å². The minimum absolute atomic E-state index is 0.312. The number of amides is 2.